The molecule has 0 amide bonds. The molecule has 0 spiro atoms. The Balaban J connectivity index is 4.30. The molecule has 0 heterocycles. The smallest absolute Gasteiger partial charge is 0.306 e. The summed E-state index contributed by atoms with van der Waals surface area (Å²) in [6, 6.07) is 0. The Morgan fingerprint density at radius 3 is 0.810 bits per heavy atom. The fourth-order valence-electron chi connectivity index (χ4n) is 8.46. The number of hydrogen-bond acceptors (Lipinski definition) is 6. The molecule has 446 valence electrons. The van der Waals surface area contributed by atoms with Crippen molar-refractivity contribution in [1.82, 2.24) is 0 Å². The molecule has 0 saturated heterocycles. The highest BCUT2D eigenvalue weighted by atomic mass is 16.6. The highest BCUT2D eigenvalue weighted by molar-refractivity contribution is 5.71. The van der Waals surface area contributed by atoms with Crippen LogP contribution in [0.3, 0.4) is 0 Å². The van der Waals surface area contributed by atoms with Gasteiger partial charge in [-0.05, 0) is 148 Å². The van der Waals surface area contributed by atoms with E-state index in [1.54, 1.807) is 0 Å². The second-order valence-corrected chi connectivity index (χ2v) is 20.9. The van der Waals surface area contributed by atoms with Crippen LogP contribution < -0.4 is 0 Å². The third-order valence-corrected chi connectivity index (χ3v) is 13.3. The predicted octanol–water partition coefficient (Wildman–Crippen LogP) is 22.3. The molecule has 6 nitrogen and oxygen atoms in total. The van der Waals surface area contributed by atoms with E-state index < -0.39 is 6.10 Å². The summed E-state index contributed by atoms with van der Waals surface area (Å²) >= 11 is 0. The van der Waals surface area contributed by atoms with Crippen molar-refractivity contribution in [2.75, 3.05) is 13.2 Å². The zero-order chi connectivity index (χ0) is 57.1. The maximum atomic E-state index is 12.9. The van der Waals surface area contributed by atoms with E-state index in [4.69, 9.17) is 14.2 Å². The van der Waals surface area contributed by atoms with Crippen molar-refractivity contribution < 1.29 is 28.6 Å². The summed E-state index contributed by atoms with van der Waals surface area (Å²) in [5, 5.41) is 0. The van der Waals surface area contributed by atoms with E-state index in [1.807, 2.05) is 0 Å². The van der Waals surface area contributed by atoms with E-state index in [2.05, 4.69) is 167 Å². The molecular formula is C73H118O6. The van der Waals surface area contributed by atoms with E-state index in [9.17, 15) is 14.4 Å². The molecule has 0 fully saturated rings. The number of esters is 3. The molecule has 1 unspecified atom stereocenters. The molecule has 0 bridgehead atoms. The van der Waals surface area contributed by atoms with Crippen LogP contribution in [0.5, 0.6) is 0 Å². The standard InChI is InChI=1S/C73H118O6/c1-4-7-10-13-16-19-22-25-27-28-29-30-31-32-33-34-35-36-37-38-39-40-41-42-43-44-45-46-47-49-51-54-57-60-63-66-72(75)78-69-70(68-77-71(74)65-62-59-56-53-50-24-21-18-15-12-9-6-3)79-73(76)67-64-61-58-55-52-48-26-23-20-17-14-11-8-5-2/h7,10,16,18-19,21,23,25-27,29-30,32-33,35-36,38-39,41-42,44-45,47,49,70H,4-6,8-9,11-15,17,20,22,24,28,31,34,37,40,43,46,48,50-69H2,1-3H3/b10-7-,19-16-,21-18-,26-23-,27-25-,30-29-,33-32-,36-35-,39-38-,42-41-,45-44-,49-47-. The molecule has 0 aliphatic heterocycles. The average molecular weight is 1090 g/mol. The molecular weight excluding hydrogens is 973 g/mol. The van der Waals surface area contributed by atoms with Gasteiger partial charge in [-0.25, -0.2) is 0 Å². The maximum absolute atomic E-state index is 12.9. The van der Waals surface area contributed by atoms with Crippen molar-refractivity contribution >= 4 is 17.9 Å². The minimum atomic E-state index is -0.801. The number of ether oxygens (including phenoxy) is 3. The molecule has 0 saturated carbocycles. The first-order chi connectivity index (χ1) is 39.0. The lowest BCUT2D eigenvalue weighted by atomic mass is 10.1. The molecule has 79 heavy (non-hydrogen) atoms. The lowest BCUT2D eigenvalue weighted by Crippen LogP contribution is -2.30. The minimum absolute atomic E-state index is 0.0970. The monoisotopic (exact) mass is 1090 g/mol. The Bertz CT molecular complexity index is 1730. The summed E-state index contributed by atoms with van der Waals surface area (Å²) in [6.45, 7) is 6.45. The third-order valence-electron chi connectivity index (χ3n) is 13.3. The first-order valence-corrected chi connectivity index (χ1v) is 32.3. The molecule has 0 N–H and O–H groups in total. The summed E-state index contributed by atoms with van der Waals surface area (Å²) in [5.74, 6) is -0.942. The van der Waals surface area contributed by atoms with Crippen LogP contribution in [0.2, 0.25) is 0 Å². The number of allylic oxidation sites excluding steroid dienone is 24. The second-order valence-electron chi connectivity index (χ2n) is 20.9. The SMILES string of the molecule is CC/C=C\C/C=C\C/C=C\C/C=C\C/C=C\C/C=C\C/C=C\C/C=C\C/C=C\C/C=C\CCCCCCC(=O)OCC(COC(=O)CCCCCCC/C=C\CCCCC)OC(=O)CCCCCCC/C=C\CCCCCCC. The van der Waals surface area contributed by atoms with E-state index >= 15 is 0 Å². The van der Waals surface area contributed by atoms with Crippen LogP contribution in [-0.4, -0.2) is 37.2 Å². The quantitative estimate of drug-likeness (QED) is 0.0261. The summed E-state index contributed by atoms with van der Waals surface area (Å²) in [7, 11) is 0. The van der Waals surface area contributed by atoms with Crippen LogP contribution in [0, 0.1) is 0 Å². The largest absolute Gasteiger partial charge is 0.462 e. The fraction of sp³-hybridized carbons (Fsp3) is 0.630. The summed E-state index contributed by atoms with van der Waals surface area (Å²) in [5.41, 5.74) is 0. The average Bonchev–Trinajstić information content (AvgIpc) is 3.45. The number of hydrogen-bond donors (Lipinski definition) is 0. The minimum Gasteiger partial charge on any atom is -0.462 e. The van der Waals surface area contributed by atoms with Gasteiger partial charge in [0.1, 0.15) is 13.2 Å². The zero-order valence-electron chi connectivity index (χ0n) is 51.1. The highest BCUT2D eigenvalue weighted by Crippen LogP contribution is 2.14. The van der Waals surface area contributed by atoms with Gasteiger partial charge in [0.05, 0.1) is 0 Å². The van der Waals surface area contributed by atoms with Gasteiger partial charge in [-0.2, -0.15) is 0 Å². The van der Waals surface area contributed by atoms with E-state index in [-0.39, 0.29) is 31.1 Å². The van der Waals surface area contributed by atoms with Crippen LogP contribution in [0.1, 0.15) is 278 Å². The van der Waals surface area contributed by atoms with Crippen LogP contribution in [0.15, 0.2) is 146 Å². The molecule has 0 aromatic heterocycles. The molecule has 6 heteroatoms. The van der Waals surface area contributed by atoms with E-state index in [0.717, 1.165) is 161 Å². The van der Waals surface area contributed by atoms with Gasteiger partial charge < -0.3 is 14.2 Å². The van der Waals surface area contributed by atoms with Gasteiger partial charge in [0.15, 0.2) is 6.10 Å². The summed E-state index contributed by atoms with van der Waals surface area (Å²) in [4.78, 5) is 38.2. The molecule has 0 aromatic carbocycles. The normalized spacial score (nSPS) is 13.1. The Morgan fingerprint density at radius 2 is 0.494 bits per heavy atom. The van der Waals surface area contributed by atoms with Crippen molar-refractivity contribution in [2.24, 2.45) is 0 Å². The Kier molecular flexibility index (Phi) is 61.9. The summed E-state index contributed by atoms with van der Waals surface area (Å²) < 4.78 is 16.8. The van der Waals surface area contributed by atoms with Crippen LogP contribution in [-0.2, 0) is 28.6 Å². The van der Waals surface area contributed by atoms with Gasteiger partial charge in [-0.3, -0.25) is 14.4 Å². The van der Waals surface area contributed by atoms with Gasteiger partial charge in [0, 0.05) is 19.3 Å². The fourth-order valence-corrected chi connectivity index (χ4v) is 8.46. The van der Waals surface area contributed by atoms with E-state index in [1.165, 1.54) is 77.0 Å². The van der Waals surface area contributed by atoms with Crippen LogP contribution in [0.4, 0.5) is 0 Å². The molecule has 0 rings (SSSR count). The van der Waals surface area contributed by atoms with Crippen molar-refractivity contribution in [3.05, 3.63) is 146 Å². The van der Waals surface area contributed by atoms with Gasteiger partial charge in [0.2, 0.25) is 0 Å². The predicted molar refractivity (Wildman–Crippen MR) is 343 cm³/mol. The Morgan fingerprint density at radius 1 is 0.266 bits per heavy atom. The first-order valence-electron chi connectivity index (χ1n) is 32.3. The van der Waals surface area contributed by atoms with E-state index in [0.29, 0.717) is 19.3 Å². The molecule has 0 aliphatic carbocycles. The third kappa shape index (κ3) is 64.0. The van der Waals surface area contributed by atoms with Gasteiger partial charge >= 0.3 is 17.9 Å². The van der Waals surface area contributed by atoms with Gasteiger partial charge in [-0.1, -0.05) is 256 Å². The molecule has 0 radical (unpaired) electrons. The second kappa shape index (κ2) is 65.8. The van der Waals surface area contributed by atoms with Crippen molar-refractivity contribution in [2.45, 2.75) is 284 Å². The topological polar surface area (TPSA) is 78.9 Å². The summed E-state index contributed by atoms with van der Waals surface area (Å²) in [6.07, 6.45) is 94.3. The number of carbonyl (C=O) groups is 3. The maximum Gasteiger partial charge on any atom is 0.306 e. The molecule has 0 aromatic rings. The van der Waals surface area contributed by atoms with Crippen molar-refractivity contribution in [1.29, 1.82) is 0 Å². The van der Waals surface area contributed by atoms with Crippen LogP contribution >= 0.6 is 0 Å². The lowest BCUT2D eigenvalue weighted by Gasteiger charge is -2.18. The highest BCUT2D eigenvalue weighted by Gasteiger charge is 2.19. The van der Waals surface area contributed by atoms with Gasteiger partial charge in [0.25, 0.3) is 0 Å². The number of unbranched alkanes of at least 4 members (excludes halogenated alkanes) is 22. The van der Waals surface area contributed by atoms with Crippen molar-refractivity contribution in [3.8, 4) is 0 Å². The molecule has 1 atom stereocenters. The Labute approximate surface area is 487 Å². The Hall–Kier alpha value is -4.71. The van der Waals surface area contributed by atoms with Crippen LogP contribution in [0.25, 0.3) is 0 Å². The lowest BCUT2D eigenvalue weighted by molar-refractivity contribution is -0.167. The van der Waals surface area contributed by atoms with Crippen molar-refractivity contribution in [3.63, 3.8) is 0 Å². The number of carbonyl (C=O) groups excluding carboxylic acids is 3. The number of rotatable bonds is 57. The first kappa shape index (κ1) is 74.3. The van der Waals surface area contributed by atoms with Gasteiger partial charge in [-0.15, -0.1) is 0 Å². The molecule has 0 aliphatic rings. The zero-order valence-corrected chi connectivity index (χ0v) is 51.1.